The van der Waals surface area contributed by atoms with Gasteiger partial charge in [-0.2, -0.15) is 0 Å². The lowest BCUT2D eigenvalue weighted by Gasteiger charge is -2.06. The predicted molar refractivity (Wildman–Crippen MR) is 63.9 cm³/mol. The van der Waals surface area contributed by atoms with E-state index in [1.54, 1.807) is 24.3 Å². The summed E-state index contributed by atoms with van der Waals surface area (Å²) in [6, 6.07) is 5.68. The molecule has 0 radical (unpaired) electrons. The van der Waals surface area contributed by atoms with E-state index >= 15 is 0 Å². The maximum absolute atomic E-state index is 11.4. The molecule has 0 atom stereocenters. The van der Waals surface area contributed by atoms with E-state index in [2.05, 4.69) is 6.92 Å². The first-order valence-corrected chi connectivity index (χ1v) is 5.47. The van der Waals surface area contributed by atoms with Gasteiger partial charge < -0.3 is 10.5 Å². The third-order valence-corrected chi connectivity index (χ3v) is 2.12. The number of carbonyl (C=O) groups is 2. The number of benzene rings is 1. The molecule has 92 valence electrons. The summed E-state index contributed by atoms with van der Waals surface area (Å²) in [4.78, 5) is 21.9. The van der Waals surface area contributed by atoms with Gasteiger partial charge in [0.05, 0.1) is 6.61 Å². The lowest BCUT2D eigenvalue weighted by atomic mass is 10.2. The van der Waals surface area contributed by atoms with Crippen LogP contribution in [-0.4, -0.2) is 18.5 Å². The Bertz CT molecular complexity index is 387. The average molecular weight is 236 g/mol. The van der Waals surface area contributed by atoms with Crippen molar-refractivity contribution in [2.24, 2.45) is 5.73 Å². The van der Waals surface area contributed by atoms with Gasteiger partial charge in [0.15, 0.2) is 0 Å². The smallest absolute Gasteiger partial charge is 0.319 e. The van der Waals surface area contributed by atoms with E-state index in [0.29, 0.717) is 17.9 Å². The molecule has 0 saturated heterocycles. The van der Waals surface area contributed by atoms with Crippen molar-refractivity contribution in [1.82, 2.24) is 5.32 Å². The summed E-state index contributed by atoms with van der Waals surface area (Å²) in [6.45, 7) is 2.74. The molecule has 3 amide bonds. The minimum atomic E-state index is -0.863. The Hall–Kier alpha value is -2.04. The molecule has 5 nitrogen and oxygen atoms in total. The van der Waals surface area contributed by atoms with Gasteiger partial charge in [0.1, 0.15) is 5.75 Å². The van der Waals surface area contributed by atoms with Crippen LogP contribution < -0.4 is 15.8 Å². The Balaban J connectivity index is 2.55. The quantitative estimate of drug-likeness (QED) is 0.763. The van der Waals surface area contributed by atoms with Crippen molar-refractivity contribution in [3.05, 3.63) is 29.8 Å². The van der Waals surface area contributed by atoms with Gasteiger partial charge >= 0.3 is 6.03 Å². The Morgan fingerprint density at radius 1 is 1.29 bits per heavy atom. The highest BCUT2D eigenvalue weighted by atomic mass is 16.5. The van der Waals surface area contributed by atoms with Crippen LogP contribution >= 0.6 is 0 Å². The Morgan fingerprint density at radius 2 is 1.94 bits per heavy atom. The number of rotatable bonds is 5. The number of nitrogens with one attached hydrogen (secondary N) is 1. The van der Waals surface area contributed by atoms with Crippen molar-refractivity contribution in [3.8, 4) is 5.75 Å². The number of urea groups is 1. The molecule has 0 spiro atoms. The minimum absolute atomic E-state index is 0.367. The SMILES string of the molecule is CCCCOc1ccc(C(=O)NC(N)=O)cc1. The Labute approximate surface area is 99.9 Å². The van der Waals surface area contributed by atoms with E-state index in [1.165, 1.54) is 0 Å². The van der Waals surface area contributed by atoms with Crippen LogP contribution in [-0.2, 0) is 0 Å². The molecule has 0 aliphatic heterocycles. The first-order valence-electron chi connectivity index (χ1n) is 5.47. The van der Waals surface area contributed by atoms with Crippen LogP contribution in [0.2, 0.25) is 0 Å². The standard InChI is InChI=1S/C12H16N2O3/c1-2-3-8-17-10-6-4-9(5-7-10)11(15)14-12(13)16/h4-7H,2-3,8H2,1H3,(H3,13,14,15,16). The molecule has 17 heavy (non-hydrogen) atoms. The maximum atomic E-state index is 11.4. The van der Waals surface area contributed by atoms with Crippen LogP contribution in [0.4, 0.5) is 4.79 Å². The van der Waals surface area contributed by atoms with Crippen molar-refractivity contribution in [2.75, 3.05) is 6.61 Å². The molecule has 0 aliphatic rings. The highest BCUT2D eigenvalue weighted by Gasteiger charge is 2.07. The van der Waals surface area contributed by atoms with E-state index < -0.39 is 11.9 Å². The maximum Gasteiger partial charge on any atom is 0.319 e. The zero-order chi connectivity index (χ0) is 12.7. The van der Waals surface area contributed by atoms with Gasteiger partial charge in [0, 0.05) is 5.56 Å². The van der Waals surface area contributed by atoms with Crippen LogP contribution in [0.5, 0.6) is 5.75 Å². The molecule has 0 aliphatic carbocycles. The van der Waals surface area contributed by atoms with Crippen LogP contribution in [0.3, 0.4) is 0 Å². The Kier molecular flexibility index (Phi) is 5.00. The normalized spacial score (nSPS) is 9.71. The van der Waals surface area contributed by atoms with Gasteiger partial charge in [-0.1, -0.05) is 13.3 Å². The summed E-state index contributed by atoms with van der Waals surface area (Å²) < 4.78 is 5.44. The van der Waals surface area contributed by atoms with Gasteiger partial charge in [0.25, 0.3) is 5.91 Å². The number of hydrogen-bond acceptors (Lipinski definition) is 3. The molecule has 1 aromatic carbocycles. The molecule has 0 heterocycles. The second-order valence-electron chi connectivity index (χ2n) is 3.54. The molecule has 0 fully saturated rings. The second-order valence-corrected chi connectivity index (χ2v) is 3.54. The largest absolute Gasteiger partial charge is 0.494 e. The first-order chi connectivity index (χ1) is 8.13. The fraction of sp³-hybridized carbons (Fsp3) is 0.333. The first kappa shape index (κ1) is 13.0. The van der Waals surface area contributed by atoms with Crippen molar-refractivity contribution in [3.63, 3.8) is 0 Å². The van der Waals surface area contributed by atoms with Gasteiger partial charge in [0.2, 0.25) is 0 Å². The molecule has 1 rings (SSSR count). The monoisotopic (exact) mass is 236 g/mol. The molecule has 1 aromatic rings. The van der Waals surface area contributed by atoms with Gasteiger partial charge in [-0.3, -0.25) is 10.1 Å². The minimum Gasteiger partial charge on any atom is -0.494 e. The molecular formula is C12H16N2O3. The van der Waals surface area contributed by atoms with Crippen molar-refractivity contribution in [2.45, 2.75) is 19.8 Å². The zero-order valence-electron chi connectivity index (χ0n) is 9.73. The highest BCUT2D eigenvalue weighted by Crippen LogP contribution is 2.12. The van der Waals surface area contributed by atoms with Crippen LogP contribution in [0.25, 0.3) is 0 Å². The summed E-state index contributed by atoms with van der Waals surface area (Å²) in [5.74, 6) is 0.187. The summed E-state index contributed by atoms with van der Waals surface area (Å²) in [5.41, 5.74) is 5.21. The summed E-state index contributed by atoms with van der Waals surface area (Å²) in [5, 5.41) is 1.99. The molecule has 0 unspecified atom stereocenters. The lowest BCUT2D eigenvalue weighted by molar-refractivity contribution is 0.0966. The van der Waals surface area contributed by atoms with E-state index in [1.807, 2.05) is 5.32 Å². The van der Waals surface area contributed by atoms with E-state index in [0.717, 1.165) is 12.8 Å². The zero-order valence-corrected chi connectivity index (χ0v) is 9.73. The number of unbranched alkanes of at least 4 members (excludes halogenated alkanes) is 1. The lowest BCUT2D eigenvalue weighted by Crippen LogP contribution is -2.34. The van der Waals surface area contributed by atoms with E-state index in [9.17, 15) is 9.59 Å². The van der Waals surface area contributed by atoms with Crippen LogP contribution in [0.1, 0.15) is 30.1 Å². The third kappa shape index (κ3) is 4.55. The van der Waals surface area contributed by atoms with Gasteiger partial charge in [-0.15, -0.1) is 0 Å². The molecule has 0 saturated carbocycles. The van der Waals surface area contributed by atoms with E-state index in [4.69, 9.17) is 10.5 Å². The fourth-order valence-electron chi connectivity index (χ4n) is 1.22. The summed E-state index contributed by atoms with van der Waals surface area (Å²) in [7, 11) is 0. The van der Waals surface area contributed by atoms with Crippen LogP contribution in [0.15, 0.2) is 24.3 Å². The highest BCUT2D eigenvalue weighted by molar-refractivity contribution is 6.03. The number of carbonyl (C=O) groups excluding carboxylic acids is 2. The fourth-order valence-corrected chi connectivity index (χ4v) is 1.22. The molecule has 0 bridgehead atoms. The predicted octanol–water partition coefficient (Wildman–Crippen LogP) is 1.67. The molecule has 0 aromatic heterocycles. The number of imide groups is 1. The van der Waals surface area contributed by atoms with E-state index in [-0.39, 0.29) is 0 Å². The number of amides is 3. The van der Waals surface area contributed by atoms with Gasteiger partial charge in [-0.05, 0) is 30.7 Å². The van der Waals surface area contributed by atoms with Gasteiger partial charge in [-0.25, -0.2) is 4.79 Å². The number of primary amides is 1. The number of nitrogens with two attached hydrogens (primary N) is 1. The number of hydrogen-bond donors (Lipinski definition) is 2. The molecular weight excluding hydrogens is 220 g/mol. The molecule has 5 heteroatoms. The number of ether oxygens (including phenoxy) is 1. The summed E-state index contributed by atoms with van der Waals surface area (Å²) >= 11 is 0. The molecule has 3 N–H and O–H groups in total. The summed E-state index contributed by atoms with van der Waals surface area (Å²) in [6.07, 6.45) is 2.06. The van der Waals surface area contributed by atoms with Crippen molar-refractivity contribution < 1.29 is 14.3 Å². The van der Waals surface area contributed by atoms with Crippen molar-refractivity contribution in [1.29, 1.82) is 0 Å². The Morgan fingerprint density at radius 3 is 2.47 bits per heavy atom. The second kappa shape index (κ2) is 6.52. The topological polar surface area (TPSA) is 81.4 Å². The van der Waals surface area contributed by atoms with Crippen molar-refractivity contribution >= 4 is 11.9 Å². The third-order valence-electron chi connectivity index (χ3n) is 2.12. The van der Waals surface area contributed by atoms with Crippen LogP contribution in [0, 0.1) is 0 Å². The average Bonchev–Trinajstić information content (AvgIpc) is 2.29.